The Hall–Kier alpha value is -0.650. The van der Waals surface area contributed by atoms with Crippen LogP contribution in [0.1, 0.15) is 25.1 Å². The van der Waals surface area contributed by atoms with Gasteiger partial charge in [-0.2, -0.15) is 0 Å². The summed E-state index contributed by atoms with van der Waals surface area (Å²) in [5, 5.41) is 11.2. The summed E-state index contributed by atoms with van der Waals surface area (Å²) in [7, 11) is 0. The number of aliphatic hydroxyl groups is 1. The molecule has 2 rings (SSSR count). The molecule has 0 aliphatic rings. The van der Waals surface area contributed by atoms with Crippen LogP contribution in [-0.2, 0) is 0 Å². The van der Waals surface area contributed by atoms with Crippen molar-refractivity contribution in [1.29, 1.82) is 0 Å². The van der Waals surface area contributed by atoms with Gasteiger partial charge in [0.1, 0.15) is 5.82 Å². The number of halogens is 1. The van der Waals surface area contributed by atoms with E-state index in [-0.39, 0.29) is 12.5 Å². The number of aliphatic hydroxyl groups excluding tert-OH is 1. The molecule has 0 radical (unpaired) electrons. The fraction of sp³-hybridized carbons (Fsp3) is 0.364. The number of aromatic amines is 1. The first-order chi connectivity index (χ1) is 7.74. The molecular formula is C11H13BrN2OS. The van der Waals surface area contributed by atoms with E-state index in [4.69, 9.17) is 0 Å². The number of nitrogens with one attached hydrogen (secondary N) is 1. The first-order valence-electron chi connectivity index (χ1n) is 5.14. The van der Waals surface area contributed by atoms with Crippen molar-refractivity contribution in [3.8, 4) is 10.6 Å². The van der Waals surface area contributed by atoms with E-state index in [0.29, 0.717) is 0 Å². The summed E-state index contributed by atoms with van der Waals surface area (Å²) in [4.78, 5) is 8.73. The predicted octanol–water partition coefficient (Wildman–Crippen LogP) is 3.39. The quantitative estimate of drug-likeness (QED) is 0.909. The summed E-state index contributed by atoms with van der Waals surface area (Å²) >= 11 is 5.09. The molecular weight excluding hydrogens is 288 g/mol. The minimum atomic E-state index is 0.108. The molecule has 2 heterocycles. The van der Waals surface area contributed by atoms with Crippen LogP contribution < -0.4 is 0 Å². The van der Waals surface area contributed by atoms with Crippen molar-refractivity contribution in [3.63, 3.8) is 0 Å². The monoisotopic (exact) mass is 300 g/mol. The zero-order valence-electron chi connectivity index (χ0n) is 8.90. The van der Waals surface area contributed by atoms with Crippen molar-refractivity contribution in [1.82, 2.24) is 9.97 Å². The SMILES string of the molecule is CCC(CO)c1ncc(-c2cc(Br)cs2)[nH]1. The molecule has 0 saturated carbocycles. The smallest absolute Gasteiger partial charge is 0.111 e. The Morgan fingerprint density at radius 1 is 1.62 bits per heavy atom. The second kappa shape index (κ2) is 5.12. The highest BCUT2D eigenvalue weighted by Crippen LogP contribution is 2.29. The van der Waals surface area contributed by atoms with Crippen LogP contribution >= 0.6 is 27.3 Å². The van der Waals surface area contributed by atoms with Crippen LogP contribution in [0.25, 0.3) is 10.6 Å². The summed E-state index contributed by atoms with van der Waals surface area (Å²) in [6, 6.07) is 2.06. The van der Waals surface area contributed by atoms with Crippen LogP contribution in [0.4, 0.5) is 0 Å². The van der Waals surface area contributed by atoms with E-state index in [2.05, 4.69) is 32.0 Å². The maximum atomic E-state index is 9.20. The maximum Gasteiger partial charge on any atom is 0.111 e. The second-order valence-electron chi connectivity index (χ2n) is 3.60. The predicted molar refractivity (Wildman–Crippen MR) is 69.7 cm³/mol. The van der Waals surface area contributed by atoms with E-state index in [1.807, 2.05) is 18.5 Å². The Morgan fingerprint density at radius 3 is 3.00 bits per heavy atom. The molecule has 2 aromatic heterocycles. The molecule has 2 N–H and O–H groups in total. The van der Waals surface area contributed by atoms with E-state index in [1.165, 1.54) is 0 Å². The van der Waals surface area contributed by atoms with Crippen molar-refractivity contribution in [2.45, 2.75) is 19.3 Å². The number of H-pyrrole nitrogens is 1. The normalized spacial score (nSPS) is 12.9. The topological polar surface area (TPSA) is 48.9 Å². The van der Waals surface area contributed by atoms with Crippen molar-refractivity contribution < 1.29 is 5.11 Å². The van der Waals surface area contributed by atoms with Gasteiger partial charge in [-0.3, -0.25) is 0 Å². The van der Waals surface area contributed by atoms with Crippen LogP contribution in [0.2, 0.25) is 0 Å². The van der Waals surface area contributed by atoms with Crippen molar-refractivity contribution >= 4 is 27.3 Å². The molecule has 0 aromatic carbocycles. The number of hydrogen-bond acceptors (Lipinski definition) is 3. The summed E-state index contributed by atoms with van der Waals surface area (Å²) in [5.74, 6) is 0.974. The third-order valence-corrected chi connectivity index (χ3v) is 4.25. The molecule has 0 aliphatic carbocycles. The lowest BCUT2D eigenvalue weighted by Gasteiger charge is -2.06. The minimum Gasteiger partial charge on any atom is -0.396 e. The molecule has 0 amide bonds. The van der Waals surface area contributed by atoms with E-state index in [9.17, 15) is 5.11 Å². The van der Waals surface area contributed by atoms with Crippen LogP contribution in [-0.4, -0.2) is 21.7 Å². The van der Waals surface area contributed by atoms with Crippen molar-refractivity contribution in [2.75, 3.05) is 6.61 Å². The number of nitrogens with zero attached hydrogens (tertiary/aromatic N) is 1. The molecule has 0 bridgehead atoms. The molecule has 5 heteroatoms. The summed E-state index contributed by atoms with van der Waals surface area (Å²) in [5.41, 5.74) is 1.01. The molecule has 0 aliphatic heterocycles. The first-order valence-corrected chi connectivity index (χ1v) is 6.82. The molecule has 0 saturated heterocycles. The maximum absolute atomic E-state index is 9.20. The molecule has 0 spiro atoms. The molecule has 2 aromatic rings. The van der Waals surface area contributed by atoms with Crippen molar-refractivity contribution in [2.24, 2.45) is 0 Å². The average molecular weight is 301 g/mol. The van der Waals surface area contributed by atoms with Gasteiger partial charge in [-0.1, -0.05) is 6.92 Å². The minimum absolute atomic E-state index is 0.108. The lowest BCUT2D eigenvalue weighted by molar-refractivity contribution is 0.258. The highest BCUT2D eigenvalue weighted by Gasteiger charge is 2.13. The summed E-state index contributed by atoms with van der Waals surface area (Å²) < 4.78 is 1.08. The van der Waals surface area contributed by atoms with Crippen LogP contribution in [0, 0.1) is 0 Å². The highest BCUT2D eigenvalue weighted by molar-refractivity contribution is 9.10. The van der Waals surface area contributed by atoms with E-state index < -0.39 is 0 Å². The van der Waals surface area contributed by atoms with Gasteiger partial charge in [0.2, 0.25) is 0 Å². The lowest BCUT2D eigenvalue weighted by atomic mass is 10.1. The Balaban J connectivity index is 2.25. The molecule has 3 nitrogen and oxygen atoms in total. The Morgan fingerprint density at radius 2 is 2.44 bits per heavy atom. The fourth-order valence-corrected chi connectivity index (χ4v) is 2.93. The van der Waals surface area contributed by atoms with E-state index >= 15 is 0 Å². The lowest BCUT2D eigenvalue weighted by Crippen LogP contribution is -2.04. The number of hydrogen-bond donors (Lipinski definition) is 2. The zero-order valence-corrected chi connectivity index (χ0v) is 11.3. The Kier molecular flexibility index (Phi) is 3.78. The Bertz CT molecular complexity index is 462. The van der Waals surface area contributed by atoms with Crippen LogP contribution in [0.15, 0.2) is 22.1 Å². The van der Waals surface area contributed by atoms with Gasteiger partial charge < -0.3 is 10.1 Å². The average Bonchev–Trinajstić information content (AvgIpc) is 2.89. The highest BCUT2D eigenvalue weighted by atomic mass is 79.9. The third kappa shape index (κ3) is 2.36. The summed E-state index contributed by atoms with van der Waals surface area (Å²) in [6.07, 6.45) is 2.71. The number of aromatic nitrogens is 2. The van der Waals surface area contributed by atoms with E-state index in [1.54, 1.807) is 11.3 Å². The van der Waals surface area contributed by atoms with Gasteiger partial charge in [-0.25, -0.2) is 4.98 Å². The molecule has 0 fully saturated rings. The van der Waals surface area contributed by atoms with Gasteiger partial charge in [-0.15, -0.1) is 11.3 Å². The van der Waals surface area contributed by atoms with E-state index in [0.717, 1.165) is 27.3 Å². The van der Waals surface area contributed by atoms with Gasteiger partial charge in [0, 0.05) is 15.8 Å². The van der Waals surface area contributed by atoms with Gasteiger partial charge in [0.05, 0.1) is 23.4 Å². The largest absolute Gasteiger partial charge is 0.396 e. The number of imidazole rings is 1. The van der Waals surface area contributed by atoms with Gasteiger partial charge >= 0.3 is 0 Å². The zero-order chi connectivity index (χ0) is 11.5. The summed E-state index contributed by atoms with van der Waals surface area (Å²) in [6.45, 7) is 2.18. The van der Waals surface area contributed by atoms with Crippen LogP contribution in [0.3, 0.4) is 0 Å². The molecule has 86 valence electrons. The van der Waals surface area contributed by atoms with Crippen LogP contribution in [0.5, 0.6) is 0 Å². The Labute approximate surface area is 107 Å². The second-order valence-corrected chi connectivity index (χ2v) is 5.43. The first kappa shape index (κ1) is 11.8. The third-order valence-electron chi connectivity index (χ3n) is 2.53. The molecule has 1 atom stereocenters. The molecule has 1 unspecified atom stereocenters. The van der Waals surface area contributed by atoms with Crippen molar-refractivity contribution in [3.05, 3.63) is 27.9 Å². The number of thiophene rings is 1. The van der Waals surface area contributed by atoms with Gasteiger partial charge in [0.15, 0.2) is 0 Å². The van der Waals surface area contributed by atoms with Gasteiger partial charge in [-0.05, 0) is 28.4 Å². The number of rotatable bonds is 4. The van der Waals surface area contributed by atoms with Gasteiger partial charge in [0.25, 0.3) is 0 Å². The fourth-order valence-electron chi connectivity index (χ4n) is 1.53. The standard InChI is InChI=1S/C11H13BrN2OS/c1-2-7(5-15)11-13-4-9(14-11)10-3-8(12)6-16-10/h3-4,6-7,15H,2,5H2,1H3,(H,13,14). The molecule has 16 heavy (non-hydrogen) atoms.